The molecule has 0 aliphatic carbocycles. The molecule has 152 valence electrons. The molecule has 0 aliphatic rings. The first kappa shape index (κ1) is 21.3. The molecule has 0 bridgehead atoms. The zero-order valence-corrected chi connectivity index (χ0v) is 18.5. The van der Waals surface area contributed by atoms with Crippen LogP contribution in [0.1, 0.15) is 0 Å². The third-order valence-corrected chi connectivity index (χ3v) is 7.59. The molecular formula is C20H17ClGeN4O4. The number of halogens is 1. The van der Waals surface area contributed by atoms with Crippen LogP contribution in [0.2, 0.25) is 0 Å². The fraction of sp³-hybridized carbons (Fsp3) is 0. The zero-order valence-electron chi connectivity index (χ0n) is 15.6. The van der Waals surface area contributed by atoms with Gasteiger partial charge < -0.3 is 0 Å². The molecule has 0 unspecified atom stereocenters. The molecule has 0 aromatic carbocycles. The van der Waals surface area contributed by atoms with Gasteiger partial charge in [-0.05, 0) is 0 Å². The van der Waals surface area contributed by atoms with Crippen molar-refractivity contribution in [2.45, 2.75) is 0 Å². The average molecular weight is 485 g/mol. The molecule has 0 aliphatic heterocycles. The van der Waals surface area contributed by atoms with Gasteiger partial charge in [0.15, 0.2) is 0 Å². The van der Waals surface area contributed by atoms with Crippen LogP contribution in [0.15, 0.2) is 98.1 Å². The van der Waals surface area contributed by atoms with Gasteiger partial charge in [-0.2, -0.15) is 0 Å². The summed E-state index contributed by atoms with van der Waals surface area (Å²) in [7, 11) is 0. The number of hydrogen-bond acceptors (Lipinski definition) is 8. The SMILES string of the molecule is Cl.c1cncc([O][Ge]([O]c2cccnc2)([O]c2cccnc2)[O]c2cccnc2)c1. The molecule has 4 rings (SSSR count). The van der Waals surface area contributed by atoms with E-state index in [0.29, 0.717) is 23.0 Å². The van der Waals surface area contributed by atoms with Gasteiger partial charge in [0.2, 0.25) is 0 Å². The Labute approximate surface area is 183 Å². The summed E-state index contributed by atoms with van der Waals surface area (Å²) in [5.41, 5.74) is 0. The van der Waals surface area contributed by atoms with Gasteiger partial charge in [0.05, 0.1) is 0 Å². The minimum atomic E-state index is -4.58. The summed E-state index contributed by atoms with van der Waals surface area (Å²) in [5, 5.41) is 0. The van der Waals surface area contributed by atoms with E-state index >= 15 is 0 Å². The molecule has 10 heteroatoms. The number of nitrogens with zero attached hydrogens (tertiary/aromatic N) is 4. The maximum atomic E-state index is 6.19. The summed E-state index contributed by atoms with van der Waals surface area (Å²) in [5.74, 6) is 1.79. The summed E-state index contributed by atoms with van der Waals surface area (Å²) in [6.45, 7) is 0. The Bertz CT molecular complexity index is 846. The van der Waals surface area contributed by atoms with E-state index in [1.165, 1.54) is 0 Å². The molecule has 0 atom stereocenters. The standard InChI is InChI=1S/C20H16GeN4O4.ClH/c1-5-17(13-22-9-1)26-21(27-18-6-2-10-23-14-18,28-19-7-3-11-24-15-19)29-20-8-4-12-25-16-20;/h1-16H;1H. The van der Waals surface area contributed by atoms with Crippen molar-refractivity contribution in [1.29, 1.82) is 0 Å². The van der Waals surface area contributed by atoms with Gasteiger partial charge in [-0.15, -0.1) is 12.4 Å². The number of aromatic nitrogens is 4. The van der Waals surface area contributed by atoms with Gasteiger partial charge in [0.1, 0.15) is 0 Å². The zero-order chi connectivity index (χ0) is 19.8. The predicted octanol–water partition coefficient (Wildman–Crippen LogP) is 3.74. The normalized spacial score (nSPS) is 10.4. The van der Waals surface area contributed by atoms with E-state index < -0.39 is 14.6 Å². The van der Waals surface area contributed by atoms with Gasteiger partial charge in [-0.25, -0.2) is 0 Å². The number of rotatable bonds is 8. The monoisotopic (exact) mass is 486 g/mol. The van der Waals surface area contributed by atoms with Crippen molar-refractivity contribution in [3.05, 3.63) is 98.1 Å². The third-order valence-electron chi connectivity index (χ3n) is 3.51. The molecule has 4 heterocycles. The van der Waals surface area contributed by atoms with E-state index in [0.717, 1.165) is 0 Å². The molecule has 0 N–H and O–H groups in total. The van der Waals surface area contributed by atoms with Crippen molar-refractivity contribution >= 4 is 27.0 Å². The van der Waals surface area contributed by atoms with Gasteiger partial charge in [0.25, 0.3) is 0 Å². The van der Waals surface area contributed by atoms with Crippen LogP contribution in [-0.4, -0.2) is 34.5 Å². The van der Waals surface area contributed by atoms with E-state index in [9.17, 15) is 0 Å². The Morgan fingerprint density at radius 2 is 0.733 bits per heavy atom. The summed E-state index contributed by atoms with van der Waals surface area (Å²) in [6.07, 6.45) is 12.8. The summed E-state index contributed by atoms with van der Waals surface area (Å²) < 4.78 is 24.8. The molecule has 0 saturated carbocycles. The second-order valence-corrected chi connectivity index (χ2v) is 9.47. The molecule has 0 fully saturated rings. The molecule has 0 radical (unpaired) electrons. The molecule has 30 heavy (non-hydrogen) atoms. The molecule has 4 aromatic heterocycles. The van der Waals surface area contributed by atoms with E-state index in [-0.39, 0.29) is 12.4 Å². The van der Waals surface area contributed by atoms with Crippen LogP contribution in [0, 0.1) is 0 Å². The molecule has 0 saturated heterocycles. The van der Waals surface area contributed by atoms with Crippen LogP contribution in [0.3, 0.4) is 0 Å². The maximum absolute atomic E-state index is 6.19. The quantitative estimate of drug-likeness (QED) is 0.349. The molecule has 0 amide bonds. The first-order chi connectivity index (χ1) is 14.3. The summed E-state index contributed by atoms with van der Waals surface area (Å²) >= 11 is -4.58. The van der Waals surface area contributed by atoms with Gasteiger partial charge in [0, 0.05) is 0 Å². The Morgan fingerprint density at radius 1 is 0.467 bits per heavy atom. The second-order valence-electron chi connectivity index (χ2n) is 5.66. The minimum absolute atomic E-state index is 0. The van der Waals surface area contributed by atoms with Crippen molar-refractivity contribution in [2.75, 3.05) is 0 Å². The van der Waals surface area contributed by atoms with Crippen molar-refractivity contribution < 1.29 is 15.1 Å². The fourth-order valence-electron chi connectivity index (χ4n) is 2.33. The van der Waals surface area contributed by atoms with Crippen LogP contribution >= 0.6 is 12.4 Å². The van der Waals surface area contributed by atoms with Crippen LogP contribution in [0.25, 0.3) is 0 Å². The predicted molar refractivity (Wildman–Crippen MR) is 112 cm³/mol. The topological polar surface area (TPSA) is 88.5 Å². The fourth-order valence-corrected chi connectivity index (χ4v) is 6.29. The molecular weight excluding hydrogens is 468 g/mol. The number of pyridine rings is 4. The van der Waals surface area contributed by atoms with Gasteiger partial charge in [-0.1, -0.05) is 0 Å². The van der Waals surface area contributed by atoms with Crippen LogP contribution in [-0.2, 0) is 0 Å². The third kappa shape index (κ3) is 5.82. The van der Waals surface area contributed by atoms with E-state index in [1.807, 2.05) is 0 Å². The Balaban J connectivity index is 0.00000256. The van der Waals surface area contributed by atoms with E-state index in [2.05, 4.69) is 19.9 Å². The van der Waals surface area contributed by atoms with Crippen molar-refractivity contribution in [3.63, 3.8) is 0 Å². The van der Waals surface area contributed by atoms with Crippen molar-refractivity contribution in [1.82, 2.24) is 19.9 Å². The Hall–Kier alpha value is -3.37. The summed E-state index contributed by atoms with van der Waals surface area (Å²) in [6, 6.07) is 14.0. The Kier molecular flexibility index (Phi) is 7.41. The first-order valence-corrected chi connectivity index (χ1v) is 12.1. The van der Waals surface area contributed by atoms with Crippen LogP contribution in [0.5, 0.6) is 23.0 Å². The van der Waals surface area contributed by atoms with E-state index in [1.54, 1.807) is 98.1 Å². The molecule has 0 spiro atoms. The number of hydrogen-bond donors (Lipinski definition) is 0. The second kappa shape index (κ2) is 10.4. The average Bonchev–Trinajstić information content (AvgIpc) is 2.76. The Morgan fingerprint density at radius 3 is 0.933 bits per heavy atom. The summed E-state index contributed by atoms with van der Waals surface area (Å²) in [4.78, 5) is 16.4. The van der Waals surface area contributed by atoms with Gasteiger partial charge in [-0.3, -0.25) is 0 Å². The van der Waals surface area contributed by atoms with Crippen molar-refractivity contribution in [2.24, 2.45) is 0 Å². The molecule has 8 nitrogen and oxygen atoms in total. The van der Waals surface area contributed by atoms with Crippen LogP contribution < -0.4 is 15.1 Å². The van der Waals surface area contributed by atoms with Crippen LogP contribution in [0.4, 0.5) is 0 Å². The van der Waals surface area contributed by atoms with E-state index in [4.69, 9.17) is 15.1 Å². The van der Waals surface area contributed by atoms with Crippen molar-refractivity contribution in [3.8, 4) is 23.0 Å². The molecule has 4 aromatic rings. The van der Waals surface area contributed by atoms with Gasteiger partial charge >= 0.3 is 171 Å². The first-order valence-electron chi connectivity index (χ1n) is 8.67.